The molecule has 0 aliphatic heterocycles. The zero-order valence-electron chi connectivity index (χ0n) is 11.4. The van der Waals surface area contributed by atoms with Gasteiger partial charge in [0.25, 0.3) is 0 Å². The lowest BCUT2D eigenvalue weighted by atomic mass is 10.1. The summed E-state index contributed by atoms with van der Waals surface area (Å²) in [5.41, 5.74) is -0.832. The molecule has 2 N–H and O–H groups in total. The Hall–Kier alpha value is -0.650. The number of rotatable bonds is 8. The Labute approximate surface area is 123 Å². The Kier molecular flexibility index (Phi) is 7.34. The fourth-order valence-electron chi connectivity index (χ4n) is 1.52. The maximum absolute atomic E-state index is 11.6. The van der Waals surface area contributed by atoms with E-state index in [1.165, 1.54) is 4.90 Å². The van der Waals surface area contributed by atoms with Gasteiger partial charge in [0.1, 0.15) is 0 Å². The van der Waals surface area contributed by atoms with Gasteiger partial charge in [0.15, 0.2) is 0 Å². The molecule has 106 valence electrons. The second-order valence-corrected chi connectivity index (χ2v) is 6.65. The number of carbonyl (C=O) groups is 1. The fraction of sp³-hybridized carbons (Fsp3) is 0.500. The fourth-order valence-corrected chi connectivity index (χ4v) is 3.11. The van der Waals surface area contributed by atoms with Crippen LogP contribution in [0.25, 0.3) is 0 Å². The van der Waals surface area contributed by atoms with Crippen molar-refractivity contribution in [1.29, 1.82) is 0 Å². The highest BCUT2D eigenvalue weighted by atomic mass is 32.2. The minimum Gasteiger partial charge on any atom is -0.387 e. The Morgan fingerprint density at radius 1 is 1.37 bits per heavy atom. The van der Waals surface area contributed by atoms with Crippen LogP contribution in [0.1, 0.15) is 13.3 Å². The highest BCUT2D eigenvalue weighted by Crippen LogP contribution is 2.17. The van der Waals surface area contributed by atoms with Gasteiger partial charge < -0.3 is 10.4 Å². The summed E-state index contributed by atoms with van der Waals surface area (Å²) in [4.78, 5) is 12.8. The molecular weight excluding hydrogens is 278 g/mol. The zero-order chi connectivity index (χ0) is 14.1. The van der Waals surface area contributed by atoms with Gasteiger partial charge in [-0.05, 0) is 25.3 Å². The SMILES string of the molecule is CSCC(C)(O)CNC(=O)CCSc1ccccc1. The van der Waals surface area contributed by atoms with Crippen molar-refractivity contribution in [3.05, 3.63) is 30.3 Å². The lowest BCUT2D eigenvalue weighted by Crippen LogP contribution is -2.42. The Bertz CT molecular complexity index is 382. The maximum atomic E-state index is 11.6. The highest BCUT2D eigenvalue weighted by molar-refractivity contribution is 7.99. The van der Waals surface area contributed by atoms with Crippen LogP contribution in [0.15, 0.2) is 35.2 Å². The molecule has 0 aliphatic rings. The number of carbonyl (C=O) groups excluding carboxylic acids is 1. The number of amides is 1. The molecule has 0 fully saturated rings. The van der Waals surface area contributed by atoms with Crippen molar-refractivity contribution >= 4 is 29.4 Å². The largest absolute Gasteiger partial charge is 0.387 e. The average molecular weight is 299 g/mol. The Balaban J connectivity index is 2.18. The van der Waals surface area contributed by atoms with Crippen molar-refractivity contribution in [3.63, 3.8) is 0 Å². The second-order valence-electron chi connectivity index (χ2n) is 4.62. The van der Waals surface area contributed by atoms with Crippen LogP contribution in [0.4, 0.5) is 0 Å². The monoisotopic (exact) mass is 299 g/mol. The smallest absolute Gasteiger partial charge is 0.220 e. The van der Waals surface area contributed by atoms with Crippen LogP contribution in [0.3, 0.4) is 0 Å². The Morgan fingerprint density at radius 3 is 2.68 bits per heavy atom. The molecule has 1 amide bonds. The van der Waals surface area contributed by atoms with E-state index >= 15 is 0 Å². The molecular formula is C14H21NO2S2. The minimum atomic E-state index is -0.832. The summed E-state index contributed by atoms with van der Waals surface area (Å²) < 4.78 is 0. The van der Waals surface area contributed by atoms with Gasteiger partial charge in [-0.3, -0.25) is 4.79 Å². The normalized spacial score (nSPS) is 13.8. The maximum Gasteiger partial charge on any atom is 0.220 e. The first-order chi connectivity index (χ1) is 9.03. The van der Waals surface area contributed by atoms with Gasteiger partial charge in [-0.1, -0.05) is 18.2 Å². The van der Waals surface area contributed by atoms with Crippen LogP contribution in [0.2, 0.25) is 0 Å². The van der Waals surface area contributed by atoms with Gasteiger partial charge >= 0.3 is 0 Å². The number of aliphatic hydroxyl groups is 1. The van der Waals surface area contributed by atoms with E-state index in [0.717, 1.165) is 5.75 Å². The molecule has 1 aromatic carbocycles. The van der Waals surface area contributed by atoms with E-state index in [1.54, 1.807) is 30.4 Å². The number of thioether (sulfide) groups is 2. The molecule has 1 unspecified atom stereocenters. The van der Waals surface area contributed by atoms with Crippen molar-refractivity contribution in [3.8, 4) is 0 Å². The van der Waals surface area contributed by atoms with Gasteiger partial charge in [0.05, 0.1) is 5.60 Å². The molecule has 0 radical (unpaired) electrons. The van der Waals surface area contributed by atoms with E-state index in [9.17, 15) is 9.90 Å². The van der Waals surface area contributed by atoms with Crippen LogP contribution in [0.5, 0.6) is 0 Å². The van der Waals surface area contributed by atoms with Crippen LogP contribution in [0, 0.1) is 0 Å². The summed E-state index contributed by atoms with van der Waals surface area (Å²) in [7, 11) is 0. The van der Waals surface area contributed by atoms with Crippen LogP contribution in [-0.4, -0.2) is 40.9 Å². The summed E-state index contributed by atoms with van der Waals surface area (Å²) >= 11 is 3.23. The molecule has 1 rings (SSSR count). The standard InChI is InChI=1S/C14H21NO2S2/c1-14(17,11-18-2)10-15-13(16)8-9-19-12-6-4-3-5-7-12/h3-7,17H,8-11H2,1-2H3,(H,15,16). The molecule has 1 atom stereocenters. The molecule has 5 heteroatoms. The van der Waals surface area contributed by atoms with Crippen molar-refractivity contribution in [1.82, 2.24) is 5.32 Å². The summed E-state index contributed by atoms with van der Waals surface area (Å²) in [5, 5.41) is 12.7. The van der Waals surface area contributed by atoms with E-state index in [4.69, 9.17) is 0 Å². The van der Waals surface area contributed by atoms with Crippen molar-refractivity contribution in [2.24, 2.45) is 0 Å². The number of hydrogen-bond acceptors (Lipinski definition) is 4. The molecule has 0 saturated heterocycles. The van der Waals surface area contributed by atoms with Gasteiger partial charge in [0.2, 0.25) is 5.91 Å². The third-order valence-electron chi connectivity index (χ3n) is 2.46. The second kappa shape index (κ2) is 8.51. The van der Waals surface area contributed by atoms with Crippen molar-refractivity contribution in [2.75, 3.05) is 24.3 Å². The number of benzene rings is 1. The molecule has 19 heavy (non-hydrogen) atoms. The van der Waals surface area contributed by atoms with Crippen LogP contribution >= 0.6 is 23.5 Å². The predicted molar refractivity (Wildman–Crippen MR) is 83.8 cm³/mol. The van der Waals surface area contributed by atoms with Gasteiger partial charge in [-0.25, -0.2) is 0 Å². The molecule has 0 bridgehead atoms. The first kappa shape index (κ1) is 16.4. The van der Waals surface area contributed by atoms with Gasteiger partial charge in [0, 0.05) is 29.4 Å². The minimum absolute atomic E-state index is 0.00944. The van der Waals surface area contributed by atoms with Crippen LogP contribution < -0.4 is 5.32 Å². The Morgan fingerprint density at radius 2 is 2.05 bits per heavy atom. The first-order valence-corrected chi connectivity index (χ1v) is 8.57. The van der Waals surface area contributed by atoms with E-state index < -0.39 is 5.60 Å². The molecule has 1 aromatic rings. The molecule has 0 aliphatic carbocycles. The van der Waals surface area contributed by atoms with E-state index in [-0.39, 0.29) is 5.91 Å². The summed E-state index contributed by atoms with van der Waals surface area (Å²) in [6, 6.07) is 10.0. The van der Waals surface area contributed by atoms with Gasteiger partial charge in [-0.15, -0.1) is 11.8 Å². The molecule has 0 saturated carbocycles. The van der Waals surface area contributed by atoms with E-state index in [0.29, 0.717) is 18.7 Å². The van der Waals surface area contributed by atoms with Gasteiger partial charge in [-0.2, -0.15) is 11.8 Å². The topological polar surface area (TPSA) is 49.3 Å². The molecule has 0 aromatic heterocycles. The quantitative estimate of drug-likeness (QED) is 0.724. The predicted octanol–water partition coefficient (Wildman–Crippen LogP) is 2.40. The van der Waals surface area contributed by atoms with E-state index in [2.05, 4.69) is 5.32 Å². The molecule has 3 nitrogen and oxygen atoms in total. The van der Waals surface area contributed by atoms with Crippen molar-refractivity contribution in [2.45, 2.75) is 23.8 Å². The molecule has 0 spiro atoms. The summed E-state index contributed by atoms with van der Waals surface area (Å²) in [6.45, 7) is 2.05. The third kappa shape index (κ3) is 7.50. The zero-order valence-corrected chi connectivity index (χ0v) is 13.0. The number of hydrogen-bond donors (Lipinski definition) is 2. The lowest BCUT2D eigenvalue weighted by Gasteiger charge is -2.22. The summed E-state index contributed by atoms with van der Waals surface area (Å²) in [5.74, 6) is 1.36. The third-order valence-corrected chi connectivity index (χ3v) is 4.39. The van der Waals surface area contributed by atoms with E-state index in [1.807, 2.05) is 36.6 Å². The highest BCUT2D eigenvalue weighted by Gasteiger charge is 2.20. The average Bonchev–Trinajstić information content (AvgIpc) is 2.38. The number of nitrogens with one attached hydrogen (secondary N) is 1. The van der Waals surface area contributed by atoms with Crippen LogP contribution in [-0.2, 0) is 4.79 Å². The lowest BCUT2D eigenvalue weighted by molar-refractivity contribution is -0.121. The summed E-state index contributed by atoms with van der Waals surface area (Å²) in [6.07, 6.45) is 2.40. The molecule has 0 heterocycles. The first-order valence-electron chi connectivity index (χ1n) is 6.19. The van der Waals surface area contributed by atoms with Crippen molar-refractivity contribution < 1.29 is 9.90 Å².